The Bertz CT molecular complexity index is 1070. The highest BCUT2D eigenvalue weighted by atomic mass is 19.4. The molecule has 0 radical (unpaired) electrons. The SMILES string of the molecule is CC(C)c1ccccc1-c1cc(N2CCCCC2)cc(Nc2ccc(OC(F)(F)F)cc2)n1. The Balaban J connectivity index is 1.68. The van der Waals surface area contributed by atoms with Gasteiger partial charge in [0, 0.05) is 36.1 Å². The van der Waals surface area contributed by atoms with Gasteiger partial charge < -0.3 is 15.0 Å². The van der Waals surface area contributed by atoms with E-state index in [1.54, 1.807) is 12.1 Å². The largest absolute Gasteiger partial charge is 0.573 e. The van der Waals surface area contributed by atoms with Gasteiger partial charge in [-0.05, 0) is 61.1 Å². The molecular formula is C26H28F3N3O. The lowest BCUT2D eigenvalue weighted by Gasteiger charge is -2.29. The van der Waals surface area contributed by atoms with E-state index in [-0.39, 0.29) is 5.75 Å². The van der Waals surface area contributed by atoms with E-state index >= 15 is 0 Å². The Labute approximate surface area is 192 Å². The van der Waals surface area contributed by atoms with E-state index in [1.165, 1.54) is 24.1 Å². The second-order valence-corrected chi connectivity index (χ2v) is 8.58. The molecule has 4 nitrogen and oxygen atoms in total. The van der Waals surface area contributed by atoms with Crippen molar-refractivity contribution in [2.24, 2.45) is 0 Å². The van der Waals surface area contributed by atoms with Crippen molar-refractivity contribution in [3.05, 3.63) is 66.2 Å². The van der Waals surface area contributed by atoms with Crippen LogP contribution < -0.4 is 15.0 Å². The summed E-state index contributed by atoms with van der Waals surface area (Å²) in [6, 6.07) is 18.1. The van der Waals surface area contributed by atoms with Gasteiger partial charge in [0.2, 0.25) is 0 Å². The third kappa shape index (κ3) is 5.97. The predicted molar refractivity (Wildman–Crippen MR) is 126 cm³/mol. The van der Waals surface area contributed by atoms with Crippen LogP contribution in [-0.4, -0.2) is 24.4 Å². The molecule has 3 aromatic rings. The van der Waals surface area contributed by atoms with E-state index in [0.29, 0.717) is 17.4 Å². The zero-order chi connectivity index (χ0) is 23.4. The number of nitrogens with one attached hydrogen (secondary N) is 1. The number of ether oxygens (including phenoxy) is 1. The molecule has 1 saturated heterocycles. The quantitative estimate of drug-likeness (QED) is 0.417. The average Bonchev–Trinajstić information content (AvgIpc) is 2.80. The van der Waals surface area contributed by atoms with Gasteiger partial charge in [-0.15, -0.1) is 13.2 Å². The first-order valence-corrected chi connectivity index (χ1v) is 11.3. The third-order valence-corrected chi connectivity index (χ3v) is 5.75. The van der Waals surface area contributed by atoms with E-state index in [9.17, 15) is 13.2 Å². The Morgan fingerprint density at radius 1 is 0.939 bits per heavy atom. The maximum absolute atomic E-state index is 12.5. The van der Waals surface area contributed by atoms with Gasteiger partial charge in [-0.3, -0.25) is 0 Å². The van der Waals surface area contributed by atoms with Gasteiger partial charge in [-0.1, -0.05) is 38.1 Å². The summed E-state index contributed by atoms with van der Waals surface area (Å²) in [4.78, 5) is 7.24. The molecule has 0 spiro atoms. The van der Waals surface area contributed by atoms with Crippen molar-refractivity contribution in [2.45, 2.75) is 45.4 Å². The molecule has 33 heavy (non-hydrogen) atoms. The van der Waals surface area contributed by atoms with Crippen molar-refractivity contribution >= 4 is 17.2 Å². The topological polar surface area (TPSA) is 37.4 Å². The van der Waals surface area contributed by atoms with Gasteiger partial charge in [-0.25, -0.2) is 4.98 Å². The molecule has 2 aromatic carbocycles. The number of aromatic nitrogens is 1. The fourth-order valence-corrected chi connectivity index (χ4v) is 4.17. The minimum absolute atomic E-state index is 0.255. The number of piperidine rings is 1. The summed E-state index contributed by atoms with van der Waals surface area (Å²) >= 11 is 0. The Morgan fingerprint density at radius 2 is 1.64 bits per heavy atom. The molecule has 174 valence electrons. The zero-order valence-electron chi connectivity index (χ0n) is 18.8. The molecule has 1 aliphatic rings. The van der Waals surface area contributed by atoms with E-state index in [2.05, 4.69) is 47.0 Å². The number of benzene rings is 2. The van der Waals surface area contributed by atoms with E-state index in [1.807, 2.05) is 18.2 Å². The van der Waals surface area contributed by atoms with Crippen LogP contribution in [0.15, 0.2) is 60.7 Å². The lowest BCUT2D eigenvalue weighted by Crippen LogP contribution is -2.29. The smallest absolute Gasteiger partial charge is 0.406 e. The van der Waals surface area contributed by atoms with Crippen LogP contribution in [0.2, 0.25) is 0 Å². The highest BCUT2D eigenvalue weighted by molar-refractivity contribution is 5.73. The number of halogens is 3. The van der Waals surface area contributed by atoms with Crippen molar-refractivity contribution < 1.29 is 17.9 Å². The van der Waals surface area contributed by atoms with Gasteiger partial charge in [0.25, 0.3) is 0 Å². The summed E-state index contributed by atoms with van der Waals surface area (Å²) in [7, 11) is 0. The van der Waals surface area contributed by atoms with E-state index in [0.717, 1.165) is 42.9 Å². The second-order valence-electron chi connectivity index (χ2n) is 8.58. The Hall–Kier alpha value is -3.22. The molecule has 1 aromatic heterocycles. The van der Waals surface area contributed by atoms with Crippen LogP contribution >= 0.6 is 0 Å². The highest BCUT2D eigenvalue weighted by Crippen LogP contribution is 2.34. The predicted octanol–water partition coefficient (Wildman–Crippen LogP) is 7.50. The molecule has 1 fully saturated rings. The summed E-state index contributed by atoms with van der Waals surface area (Å²) in [5.74, 6) is 0.741. The van der Waals surface area contributed by atoms with Crippen LogP contribution in [0.5, 0.6) is 5.75 Å². The Kier molecular flexibility index (Phi) is 6.77. The van der Waals surface area contributed by atoms with Crippen LogP contribution in [0.25, 0.3) is 11.3 Å². The lowest BCUT2D eigenvalue weighted by molar-refractivity contribution is -0.274. The number of hydrogen-bond donors (Lipinski definition) is 1. The van der Waals surface area contributed by atoms with Crippen LogP contribution in [0.3, 0.4) is 0 Å². The van der Waals surface area contributed by atoms with Crippen molar-refractivity contribution in [2.75, 3.05) is 23.3 Å². The number of rotatable bonds is 6. The maximum Gasteiger partial charge on any atom is 0.573 e. The number of pyridine rings is 1. The van der Waals surface area contributed by atoms with Crippen LogP contribution in [0.4, 0.5) is 30.4 Å². The summed E-state index contributed by atoms with van der Waals surface area (Å²) in [6.45, 7) is 6.32. The summed E-state index contributed by atoms with van der Waals surface area (Å²) < 4.78 is 41.3. The monoisotopic (exact) mass is 455 g/mol. The molecule has 1 N–H and O–H groups in total. The number of anilines is 3. The molecule has 0 amide bonds. The second kappa shape index (κ2) is 9.73. The van der Waals surface area contributed by atoms with Gasteiger partial charge in [0.1, 0.15) is 11.6 Å². The summed E-state index contributed by atoms with van der Waals surface area (Å²) in [6.07, 6.45) is -1.16. The summed E-state index contributed by atoms with van der Waals surface area (Å²) in [5.41, 5.74) is 4.92. The van der Waals surface area contributed by atoms with Gasteiger partial charge in [0.15, 0.2) is 0 Å². The maximum atomic E-state index is 12.5. The lowest BCUT2D eigenvalue weighted by atomic mass is 9.95. The zero-order valence-corrected chi connectivity index (χ0v) is 18.8. The third-order valence-electron chi connectivity index (χ3n) is 5.75. The highest BCUT2D eigenvalue weighted by Gasteiger charge is 2.31. The van der Waals surface area contributed by atoms with Crippen molar-refractivity contribution in [1.82, 2.24) is 4.98 Å². The summed E-state index contributed by atoms with van der Waals surface area (Å²) in [5, 5.41) is 3.26. The molecule has 7 heteroatoms. The standard InChI is InChI=1S/C26H28F3N3O/c1-18(2)22-8-4-5-9-23(22)24-16-20(32-14-6-3-7-15-32)17-25(31-24)30-19-10-12-21(13-11-19)33-26(27,28)29/h4-5,8-13,16-18H,3,6-7,14-15H2,1-2H3,(H,30,31). The minimum atomic E-state index is -4.71. The van der Waals surface area contributed by atoms with Gasteiger partial charge in [-0.2, -0.15) is 0 Å². The molecule has 1 aliphatic heterocycles. The van der Waals surface area contributed by atoms with Gasteiger partial charge >= 0.3 is 6.36 Å². The van der Waals surface area contributed by atoms with Gasteiger partial charge in [0.05, 0.1) is 5.69 Å². The van der Waals surface area contributed by atoms with Crippen molar-refractivity contribution in [1.29, 1.82) is 0 Å². The Morgan fingerprint density at radius 3 is 2.30 bits per heavy atom. The van der Waals surface area contributed by atoms with E-state index in [4.69, 9.17) is 4.98 Å². The molecule has 0 atom stereocenters. The first kappa shape index (κ1) is 23.0. The van der Waals surface area contributed by atoms with Crippen LogP contribution in [0, 0.1) is 0 Å². The number of nitrogens with zero attached hydrogens (tertiary/aromatic N) is 2. The molecule has 4 rings (SSSR count). The normalized spacial score (nSPS) is 14.4. The fraction of sp³-hybridized carbons (Fsp3) is 0.346. The molecule has 0 unspecified atom stereocenters. The first-order valence-electron chi connectivity index (χ1n) is 11.3. The molecule has 2 heterocycles. The van der Waals surface area contributed by atoms with Crippen LogP contribution in [0.1, 0.15) is 44.6 Å². The molecule has 0 aliphatic carbocycles. The number of alkyl halides is 3. The van der Waals surface area contributed by atoms with Crippen LogP contribution in [-0.2, 0) is 0 Å². The molecule has 0 saturated carbocycles. The molecule has 0 bridgehead atoms. The van der Waals surface area contributed by atoms with E-state index < -0.39 is 6.36 Å². The molecular weight excluding hydrogens is 427 g/mol. The first-order chi connectivity index (χ1) is 15.8. The average molecular weight is 456 g/mol. The van der Waals surface area contributed by atoms with Crippen molar-refractivity contribution in [3.63, 3.8) is 0 Å². The fourth-order valence-electron chi connectivity index (χ4n) is 4.17. The number of hydrogen-bond acceptors (Lipinski definition) is 4. The minimum Gasteiger partial charge on any atom is -0.406 e. The van der Waals surface area contributed by atoms with Crippen molar-refractivity contribution in [3.8, 4) is 17.0 Å².